The lowest BCUT2D eigenvalue weighted by molar-refractivity contribution is -0.132. The first-order valence-electron chi connectivity index (χ1n) is 10.3. The summed E-state index contributed by atoms with van der Waals surface area (Å²) in [6, 6.07) is 6.35. The standard InChI is InChI=1S/C22H26F2N4O2/c1-25-12-16-11-15(23)13-28(16)21(29)14-27-9-6-17(7-10-27)30-20-5-8-26-22-18(20)3-2-4-19(22)24/h2-5,8,12,15-17H,6-7,9-11,13-14H2,1H3/t15-,16-/m0/s1. The van der Waals surface area contributed by atoms with Gasteiger partial charge < -0.3 is 9.64 Å². The third kappa shape index (κ3) is 4.43. The molecule has 0 unspecified atom stereocenters. The Labute approximate surface area is 174 Å². The molecular weight excluding hydrogens is 390 g/mol. The van der Waals surface area contributed by atoms with E-state index in [4.69, 9.17) is 4.74 Å². The zero-order valence-corrected chi connectivity index (χ0v) is 17.0. The van der Waals surface area contributed by atoms with Crippen LogP contribution in [-0.2, 0) is 4.79 Å². The molecule has 1 aromatic heterocycles. The molecule has 30 heavy (non-hydrogen) atoms. The summed E-state index contributed by atoms with van der Waals surface area (Å²) >= 11 is 0. The molecule has 2 aromatic rings. The van der Waals surface area contributed by atoms with E-state index >= 15 is 0 Å². The van der Waals surface area contributed by atoms with Crippen molar-refractivity contribution in [3.8, 4) is 5.75 Å². The lowest BCUT2D eigenvalue weighted by Gasteiger charge is -2.33. The number of hydrogen-bond donors (Lipinski definition) is 0. The minimum atomic E-state index is -0.990. The number of para-hydroxylation sites is 1. The number of rotatable bonds is 5. The van der Waals surface area contributed by atoms with Gasteiger partial charge in [-0.05, 0) is 31.0 Å². The van der Waals surface area contributed by atoms with E-state index in [1.54, 1.807) is 42.6 Å². The van der Waals surface area contributed by atoms with Gasteiger partial charge in [0.25, 0.3) is 0 Å². The fourth-order valence-corrected chi connectivity index (χ4v) is 4.28. The van der Waals surface area contributed by atoms with Gasteiger partial charge in [0.05, 0.1) is 19.1 Å². The highest BCUT2D eigenvalue weighted by atomic mass is 19.1. The van der Waals surface area contributed by atoms with Crippen molar-refractivity contribution < 1.29 is 18.3 Å². The van der Waals surface area contributed by atoms with Gasteiger partial charge in [-0.1, -0.05) is 6.07 Å². The molecule has 0 spiro atoms. The van der Waals surface area contributed by atoms with Crippen molar-refractivity contribution in [2.24, 2.45) is 4.99 Å². The van der Waals surface area contributed by atoms with E-state index in [1.165, 1.54) is 6.07 Å². The van der Waals surface area contributed by atoms with Crippen molar-refractivity contribution in [1.82, 2.24) is 14.8 Å². The van der Waals surface area contributed by atoms with E-state index in [0.29, 0.717) is 36.2 Å². The third-order valence-corrected chi connectivity index (χ3v) is 5.80. The predicted molar refractivity (Wildman–Crippen MR) is 111 cm³/mol. The second-order valence-corrected chi connectivity index (χ2v) is 7.89. The maximum Gasteiger partial charge on any atom is 0.237 e. The summed E-state index contributed by atoms with van der Waals surface area (Å²) in [6.07, 6.45) is 4.05. The lowest BCUT2D eigenvalue weighted by atomic mass is 10.1. The number of alkyl halides is 1. The number of hydrogen-bond acceptors (Lipinski definition) is 5. The SMILES string of the molecule is CN=C[C@@H]1C[C@H](F)CN1C(=O)CN1CCC(Oc2ccnc3c(F)cccc23)CC1. The number of carbonyl (C=O) groups excluding carboxylic acids is 1. The number of aromatic nitrogens is 1. The summed E-state index contributed by atoms with van der Waals surface area (Å²) in [6.45, 7) is 1.85. The van der Waals surface area contributed by atoms with Crippen LogP contribution in [0.5, 0.6) is 5.75 Å². The Morgan fingerprint density at radius 2 is 2.13 bits per heavy atom. The van der Waals surface area contributed by atoms with Crippen LogP contribution in [0.15, 0.2) is 35.5 Å². The van der Waals surface area contributed by atoms with Crippen LogP contribution in [0.3, 0.4) is 0 Å². The van der Waals surface area contributed by atoms with Crippen molar-refractivity contribution in [3.63, 3.8) is 0 Å². The third-order valence-electron chi connectivity index (χ3n) is 5.80. The first-order valence-corrected chi connectivity index (χ1v) is 10.3. The van der Waals surface area contributed by atoms with Crippen LogP contribution in [-0.4, -0.2) is 78.4 Å². The van der Waals surface area contributed by atoms with Crippen molar-refractivity contribution >= 4 is 23.0 Å². The van der Waals surface area contributed by atoms with E-state index in [1.807, 2.05) is 0 Å². The highest BCUT2D eigenvalue weighted by Crippen LogP contribution is 2.28. The summed E-state index contributed by atoms with van der Waals surface area (Å²) < 4.78 is 33.9. The van der Waals surface area contributed by atoms with Crippen molar-refractivity contribution in [2.45, 2.75) is 37.6 Å². The van der Waals surface area contributed by atoms with Crippen LogP contribution in [0.1, 0.15) is 19.3 Å². The Morgan fingerprint density at radius 1 is 1.33 bits per heavy atom. The number of likely N-dealkylation sites (tertiary alicyclic amines) is 2. The summed E-state index contributed by atoms with van der Waals surface area (Å²) in [5, 5.41) is 0.661. The molecule has 160 valence electrons. The Bertz CT molecular complexity index is 930. The molecule has 2 fully saturated rings. The molecule has 0 aliphatic carbocycles. The molecule has 1 amide bonds. The topological polar surface area (TPSA) is 58.0 Å². The van der Waals surface area contributed by atoms with Gasteiger partial charge in [-0.25, -0.2) is 8.78 Å². The number of ether oxygens (including phenoxy) is 1. The molecule has 2 aliphatic heterocycles. The Kier molecular flexibility index (Phi) is 6.22. The Hall–Kier alpha value is -2.61. The first-order chi connectivity index (χ1) is 14.5. The van der Waals surface area contributed by atoms with Crippen molar-refractivity contribution in [1.29, 1.82) is 0 Å². The summed E-state index contributed by atoms with van der Waals surface area (Å²) in [5.41, 5.74) is 0.306. The first kappa shape index (κ1) is 20.7. The number of aliphatic imine (C=N–C) groups is 1. The fraction of sp³-hybridized carbons (Fsp3) is 0.500. The highest BCUT2D eigenvalue weighted by molar-refractivity contribution is 5.85. The van der Waals surface area contributed by atoms with Gasteiger partial charge in [0.2, 0.25) is 5.91 Å². The molecule has 2 atom stereocenters. The van der Waals surface area contributed by atoms with E-state index in [0.717, 1.165) is 12.8 Å². The zero-order valence-electron chi connectivity index (χ0n) is 17.0. The molecule has 2 aliphatic rings. The summed E-state index contributed by atoms with van der Waals surface area (Å²) in [5.74, 6) is 0.201. The average Bonchev–Trinajstić information content (AvgIpc) is 3.11. The number of halogens is 2. The van der Waals surface area contributed by atoms with Crippen LogP contribution in [0, 0.1) is 5.82 Å². The minimum absolute atomic E-state index is 0.00722. The molecule has 1 aromatic carbocycles. The number of piperidine rings is 1. The summed E-state index contributed by atoms with van der Waals surface area (Å²) in [4.78, 5) is 24.4. The molecule has 0 radical (unpaired) electrons. The van der Waals surface area contributed by atoms with Crippen molar-refractivity contribution in [2.75, 3.05) is 33.2 Å². The Balaban J connectivity index is 1.32. The zero-order chi connectivity index (χ0) is 21.1. The molecule has 4 rings (SSSR count). The molecule has 3 heterocycles. The van der Waals surface area contributed by atoms with Gasteiger partial charge in [-0.3, -0.25) is 19.7 Å². The van der Waals surface area contributed by atoms with E-state index in [9.17, 15) is 13.6 Å². The van der Waals surface area contributed by atoms with Crippen LogP contribution in [0.2, 0.25) is 0 Å². The number of benzene rings is 1. The maximum absolute atomic E-state index is 14.0. The van der Waals surface area contributed by atoms with Crippen LogP contribution >= 0.6 is 0 Å². The molecular formula is C22H26F2N4O2. The molecule has 6 nitrogen and oxygen atoms in total. The highest BCUT2D eigenvalue weighted by Gasteiger charge is 2.35. The van der Waals surface area contributed by atoms with Crippen LogP contribution in [0.25, 0.3) is 10.9 Å². The smallest absolute Gasteiger partial charge is 0.237 e. The predicted octanol–water partition coefficient (Wildman–Crippen LogP) is 2.86. The molecule has 0 N–H and O–H groups in total. The second-order valence-electron chi connectivity index (χ2n) is 7.89. The number of carbonyl (C=O) groups is 1. The largest absolute Gasteiger partial charge is 0.490 e. The number of fused-ring (bicyclic) bond motifs is 1. The van der Waals surface area contributed by atoms with Crippen LogP contribution < -0.4 is 4.74 Å². The van der Waals surface area contributed by atoms with E-state index in [2.05, 4.69) is 14.9 Å². The Morgan fingerprint density at radius 3 is 2.90 bits per heavy atom. The molecule has 0 saturated carbocycles. The van der Waals surface area contributed by atoms with Crippen molar-refractivity contribution in [3.05, 3.63) is 36.3 Å². The van der Waals surface area contributed by atoms with Gasteiger partial charge in [0.15, 0.2) is 0 Å². The van der Waals surface area contributed by atoms with Gasteiger partial charge in [-0.2, -0.15) is 0 Å². The van der Waals surface area contributed by atoms with Gasteiger partial charge in [0.1, 0.15) is 29.4 Å². The van der Waals surface area contributed by atoms with Gasteiger partial charge in [-0.15, -0.1) is 0 Å². The molecule has 8 heteroatoms. The lowest BCUT2D eigenvalue weighted by Crippen LogP contribution is -2.46. The summed E-state index contributed by atoms with van der Waals surface area (Å²) in [7, 11) is 1.64. The fourth-order valence-electron chi connectivity index (χ4n) is 4.28. The minimum Gasteiger partial charge on any atom is -0.490 e. The number of amides is 1. The quantitative estimate of drug-likeness (QED) is 0.704. The number of pyridine rings is 1. The number of nitrogens with zero attached hydrogens (tertiary/aromatic N) is 4. The normalized spacial score (nSPS) is 23.5. The molecule has 0 bridgehead atoms. The average molecular weight is 416 g/mol. The molecule has 2 saturated heterocycles. The maximum atomic E-state index is 14.0. The van der Waals surface area contributed by atoms with E-state index < -0.39 is 6.17 Å². The van der Waals surface area contributed by atoms with E-state index in [-0.39, 0.29) is 37.0 Å². The van der Waals surface area contributed by atoms with Gasteiger partial charge in [0, 0.05) is 44.4 Å². The van der Waals surface area contributed by atoms with Gasteiger partial charge >= 0.3 is 0 Å². The monoisotopic (exact) mass is 416 g/mol. The van der Waals surface area contributed by atoms with Crippen LogP contribution in [0.4, 0.5) is 8.78 Å². The second kappa shape index (κ2) is 9.04.